The van der Waals surface area contributed by atoms with Gasteiger partial charge in [-0.15, -0.1) is 0 Å². The van der Waals surface area contributed by atoms with E-state index in [0.29, 0.717) is 11.5 Å². The molecular weight excluding hydrogens is 272 g/mol. The van der Waals surface area contributed by atoms with Crippen molar-refractivity contribution in [1.82, 2.24) is 9.88 Å². The molecule has 0 aliphatic rings. The fourth-order valence-corrected chi connectivity index (χ4v) is 1.98. The molecule has 0 radical (unpaired) electrons. The molecular formula is C15H16N2O4. The molecule has 1 unspecified atom stereocenters. The highest BCUT2D eigenvalue weighted by Crippen LogP contribution is 2.21. The van der Waals surface area contributed by atoms with Crippen molar-refractivity contribution in [2.24, 2.45) is 0 Å². The number of hydrogen-bond donors (Lipinski definition) is 1. The number of nitrogens with zero attached hydrogens (tertiary/aromatic N) is 2. The standard InChI is InChI=1S/C15H16N2O4/c1-9-11(15(19)20)6-7-12(16-9)14(18)17(3)10(2)13-5-4-8-21-13/h4-8,10H,1-3H3,(H,19,20). The minimum absolute atomic E-state index is 0.0910. The van der Waals surface area contributed by atoms with Crippen molar-refractivity contribution in [3.05, 3.63) is 53.2 Å². The van der Waals surface area contributed by atoms with Gasteiger partial charge >= 0.3 is 5.97 Å². The van der Waals surface area contributed by atoms with Crippen molar-refractivity contribution in [3.8, 4) is 0 Å². The van der Waals surface area contributed by atoms with E-state index < -0.39 is 5.97 Å². The molecule has 1 N–H and O–H groups in total. The Hall–Kier alpha value is -2.63. The summed E-state index contributed by atoms with van der Waals surface area (Å²) in [6.45, 7) is 3.41. The number of aryl methyl sites for hydroxylation is 1. The van der Waals surface area contributed by atoms with Crippen LogP contribution in [-0.4, -0.2) is 33.9 Å². The van der Waals surface area contributed by atoms with Gasteiger partial charge in [-0.25, -0.2) is 9.78 Å². The van der Waals surface area contributed by atoms with Gasteiger partial charge in [0.2, 0.25) is 0 Å². The second-order valence-corrected chi connectivity index (χ2v) is 4.74. The molecule has 0 bridgehead atoms. The summed E-state index contributed by atoms with van der Waals surface area (Å²) in [7, 11) is 1.65. The van der Waals surface area contributed by atoms with Crippen molar-refractivity contribution in [1.29, 1.82) is 0 Å². The van der Waals surface area contributed by atoms with Crippen LogP contribution in [0.4, 0.5) is 0 Å². The minimum atomic E-state index is -1.06. The maximum Gasteiger partial charge on any atom is 0.337 e. The fourth-order valence-electron chi connectivity index (χ4n) is 1.98. The van der Waals surface area contributed by atoms with E-state index in [1.165, 1.54) is 17.0 Å². The zero-order chi connectivity index (χ0) is 15.6. The summed E-state index contributed by atoms with van der Waals surface area (Å²) in [5.74, 6) is -0.681. The predicted octanol–water partition coefficient (Wildman–Crippen LogP) is 2.51. The van der Waals surface area contributed by atoms with Crippen LogP contribution in [-0.2, 0) is 0 Å². The van der Waals surface area contributed by atoms with Crippen LogP contribution >= 0.6 is 0 Å². The molecule has 6 heteroatoms. The summed E-state index contributed by atoms with van der Waals surface area (Å²) in [5, 5.41) is 8.97. The maximum absolute atomic E-state index is 12.4. The van der Waals surface area contributed by atoms with Crippen molar-refractivity contribution in [2.45, 2.75) is 19.9 Å². The average molecular weight is 288 g/mol. The van der Waals surface area contributed by atoms with Gasteiger partial charge in [0, 0.05) is 7.05 Å². The van der Waals surface area contributed by atoms with Gasteiger partial charge in [-0.2, -0.15) is 0 Å². The van der Waals surface area contributed by atoms with Crippen LogP contribution in [0.5, 0.6) is 0 Å². The number of amides is 1. The molecule has 1 amide bonds. The number of rotatable bonds is 4. The SMILES string of the molecule is Cc1nc(C(=O)N(C)C(C)c2ccco2)ccc1C(=O)O. The topological polar surface area (TPSA) is 83.6 Å². The highest BCUT2D eigenvalue weighted by Gasteiger charge is 2.22. The van der Waals surface area contributed by atoms with Gasteiger partial charge in [-0.05, 0) is 38.1 Å². The highest BCUT2D eigenvalue weighted by atomic mass is 16.4. The number of aromatic nitrogens is 1. The summed E-state index contributed by atoms with van der Waals surface area (Å²) in [6.07, 6.45) is 1.55. The van der Waals surface area contributed by atoms with Crippen LogP contribution < -0.4 is 0 Å². The lowest BCUT2D eigenvalue weighted by Crippen LogP contribution is -2.30. The van der Waals surface area contributed by atoms with Crippen LogP contribution in [0, 0.1) is 6.92 Å². The number of carbonyl (C=O) groups is 2. The highest BCUT2D eigenvalue weighted by molar-refractivity contribution is 5.94. The maximum atomic E-state index is 12.4. The molecule has 0 aromatic carbocycles. The lowest BCUT2D eigenvalue weighted by molar-refractivity contribution is 0.0688. The van der Waals surface area contributed by atoms with E-state index in [1.54, 1.807) is 32.4 Å². The van der Waals surface area contributed by atoms with Gasteiger partial charge in [-0.1, -0.05) is 0 Å². The number of carboxylic acids is 1. The first kappa shape index (κ1) is 14.8. The Morgan fingerprint density at radius 1 is 1.33 bits per heavy atom. The van der Waals surface area contributed by atoms with Crippen molar-refractivity contribution < 1.29 is 19.1 Å². The molecule has 21 heavy (non-hydrogen) atoms. The van der Waals surface area contributed by atoms with Gasteiger partial charge in [0.05, 0.1) is 23.6 Å². The number of carbonyl (C=O) groups excluding carboxylic acids is 1. The first-order valence-corrected chi connectivity index (χ1v) is 6.43. The third-order valence-corrected chi connectivity index (χ3v) is 3.39. The molecule has 6 nitrogen and oxygen atoms in total. The van der Waals surface area contributed by atoms with E-state index in [9.17, 15) is 9.59 Å². The minimum Gasteiger partial charge on any atom is -0.478 e. The van der Waals surface area contributed by atoms with Gasteiger partial charge in [0.1, 0.15) is 11.5 Å². The number of carboxylic acid groups (broad SMARTS) is 1. The summed E-state index contributed by atoms with van der Waals surface area (Å²) < 4.78 is 5.28. The molecule has 0 saturated carbocycles. The molecule has 0 fully saturated rings. The summed E-state index contributed by atoms with van der Waals surface area (Å²) in [5.41, 5.74) is 0.610. The van der Waals surface area contributed by atoms with E-state index in [1.807, 2.05) is 6.92 Å². The van der Waals surface area contributed by atoms with E-state index in [4.69, 9.17) is 9.52 Å². The van der Waals surface area contributed by atoms with Crippen molar-refractivity contribution >= 4 is 11.9 Å². The van der Waals surface area contributed by atoms with Gasteiger partial charge < -0.3 is 14.4 Å². The summed E-state index contributed by atoms with van der Waals surface area (Å²) in [6, 6.07) is 6.12. The zero-order valence-electron chi connectivity index (χ0n) is 12.0. The molecule has 0 aliphatic heterocycles. The number of pyridine rings is 1. The van der Waals surface area contributed by atoms with E-state index >= 15 is 0 Å². The van der Waals surface area contributed by atoms with Crippen LogP contribution in [0.3, 0.4) is 0 Å². The molecule has 1 atom stereocenters. The van der Waals surface area contributed by atoms with Crippen LogP contribution in [0.25, 0.3) is 0 Å². The third kappa shape index (κ3) is 2.94. The monoisotopic (exact) mass is 288 g/mol. The molecule has 0 saturated heterocycles. The third-order valence-electron chi connectivity index (χ3n) is 3.39. The molecule has 0 spiro atoms. The van der Waals surface area contributed by atoms with Gasteiger partial charge in [-0.3, -0.25) is 4.79 Å². The molecule has 2 aromatic rings. The predicted molar refractivity (Wildman–Crippen MR) is 75.1 cm³/mol. The first-order chi connectivity index (χ1) is 9.91. The van der Waals surface area contributed by atoms with E-state index in [-0.39, 0.29) is 23.2 Å². The summed E-state index contributed by atoms with van der Waals surface area (Å²) in [4.78, 5) is 28.9. The van der Waals surface area contributed by atoms with Crippen molar-refractivity contribution in [3.63, 3.8) is 0 Å². The van der Waals surface area contributed by atoms with Gasteiger partial charge in [0.15, 0.2) is 0 Å². The first-order valence-electron chi connectivity index (χ1n) is 6.43. The Labute approximate surface area is 122 Å². The van der Waals surface area contributed by atoms with Crippen molar-refractivity contribution in [2.75, 3.05) is 7.05 Å². The Bertz CT molecular complexity index is 664. The second kappa shape index (κ2) is 5.78. The van der Waals surface area contributed by atoms with Crippen LogP contribution in [0.1, 0.15) is 45.3 Å². The smallest absolute Gasteiger partial charge is 0.337 e. The molecule has 0 aliphatic carbocycles. The fraction of sp³-hybridized carbons (Fsp3) is 0.267. The molecule has 110 valence electrons. The normalized spacial score (nSPS) is 12.0. The quantitative estimate of drug-likeness (QED) is 0.934. The Kier molecular flexibility index (Phi) is 4.07. The number of hydrogen-bond acceptors (Lipinski definition) is 4. The Morgan fingerprint density at radius 2 is 2.05 bits per heavy atom. The summed E-state index contributed by atoms with van der Waals surface area (Å²) >= 11 is 0. The van der Waals surface area contributed by atoms with Crippen LogP contribution in [0.2, 0.25) is 0 Å². The van der Waals surface area contributed by atoms with E-state index in [2.05, 4.69) is 4.98 Å². The number of furan rings is 1. The van der Waals surface area contributed by atoms with Crippen LogP contribution in [0.15, 0.2) is 34.9 Å². The largest absolute Gasteiger partial charge is 0.478 e. The molecule has 2 heterocycles. The Balaban J connectivity index is 2.23. The molecule has 2 aromatic heterocycles. The second-order valence-electron chi connectivity index (χ2n) is 4.74. The number of aromatic carboxylic acids is 1. The average Bonchev–Trinajstić information content (AvgIpc) is 2.98. The lowest BCUT2D eigenvalue weighted by atomic mass is 10.1. The van der Waals surface area contributed by atoms with Gasteiger partial charge in [0.25, 0.3) is 5.91 Å². The lowest BCUT2D eigenvalue weighted by Gasteiger charge is -2.23. The molecule has 2 rings (SSSR count). The van der Waals surface area contributed by atoms with E-state index in [0.717, 1.165) is 0 Å². The zero-order valence-corrected chi connectivity index (χ0v) is 12.0. The Morgan fingerprint density at radius 3 is 2.57 bits per heavy atom.